The van der Waals surface area contributed by atoms with E-state index in [1.165, 1.54) is 5.56 Å². The smallest absolute Gasteiger partial charge is 0.278 e. The molecule has 0 saturated carbocycles. The second-order valence-electron chi connectivity index (χ2n) is 7.48. The molecule has 31 heavy (non-hydrogen) atoms. The third-order valence-electron chi connectivity index (χ3n) is 4.79. The molecule has 0 aliphatic carbocycles. The van der Waals surface area contributed by atoms with Crippen LogP contribution in [0.15, 0.2) is 61.1 Å². The lowest BCUT2D eigenvalue weighted by molar-refractivity contribution is 0.101. The number of carbonyl (C=O) groups is 1. The number of rotatable bonds is 7. The van der Waals surface area contributed by atoms with Crippen molar-refractivity contribution in [1.82, 2.24) is 24.5 Å². The molecule has 0 aliphatic rings. The number of amides is 1. The molecule has 4 rings (SSSR count). The standard InChI is InChI=1S/C23H24N6O2/c1-16-10-17(2)12-20(11-16)31-15-28-9-8-21(26-28)22(30)25-23-24-14-29(27-23)13-19-7-5-4-6-18(19)3/h4-12,14H,13,15H2,1-3H3,(H,25,27,30). The van der Waals surface area contributed by atoms with Crippen molar-refractivity contribution < 1.29 is 9.53 Å². The van der Waals surface area contributed by atoms with E-state index in [-0.39, 0.29) is 24.3 Å². The Morgan fingerprint density at radius 2 is 1.77 bits per heavy atom. The van der Waals surface area contributed by atoms with Crippen molar-refractivity contribution >= 4 is 11.9 Å². The number of anilines is 1. The molecule has 2 aromatic carbocycles. The topological polar surface area (TPSA) is 86.9 Å². The summed E-state index contributed by atoms with van der Waals surface area (Å²) in [4.78, 5) is 16.7. The molecule has 0 atom stereocenters. The molecule has 2 heterocycles. The van der Waals surface area contributed by atoms with Crippen LogP contribution in [-0.2, 0) is 13.3 Å². The Bertz CT molecular complexity index is 1190. The third-order valence-corrected chi connectivity index (χ3v) is 4.79. The maximum absolute atomic E-state index is 12.5. The molecule has 0 bridgehead atoms. The van der Waals surface area contributed by atoms with Gasteiger partial charge in [0.05, 0.1) is 6.54 Å². The van der Waals surface area contributed by atoms with Gasteiger partial charge in [-0.15, -0.1) is 5.10 Å². The first kappa shape index (κ1) is 20.3. The normalized spacial score (nSPS) is 10.8. The van der Waals surface area contributed by atoms with Crippen LogP contribution in [0, 0.1) is 20.8 Å². The van der Waals surface area contributed by atoms with Gasteiger partial charge in [0.25, 0.3) is 5.91 Å². The van der Waals surface area contributed by atoms with Gasteiger partial charge < -0.3 is 4.74 Å². The maximum atomic E-state index is 12.5. The van der Waals surface area contributed by atoms with Gasteiger partial charge in [-0.05, 0) is 61.2 Å². The Hall–Kier alpha value is -3.94. The van der Waals surface area contributed by atoms with Gasteiger partial charge in [-0.1, -0.05) is 30.3 Å². The van der Waals surface area contributed by atoms with E-state index in [0.717, 1.165) is 22.4 Å². The predicted octanol–water partition coefficient (Wildman–Crippen LogP) is 3.74. The van der Waals surface area contributed by atoms with Crippen molar-refractivity contribution in [3.63, 3.8) is 0 Å². The largest absolute Gasteiger partial charge is 0.471 e. The summed E-state index contributed by atoms with van der Waals surface area (Å²) >= 11 is 0. The SMILES string of the molecule is Cc1cc(C)cc(OCn2ccc(C(=O)Nc3ncn(Cc4ccccc4C)n3)n2)c1. The molecule has 1 amide bonds. The Morgan fingerprint density at radius 3 is 2.55 bits per heavy atom. The lowest BCUT2D eigenvalue weighted by Gasteiger charge is -2.08. The summed E-state index contributed by atoms with van der Waals surface area (Å²) in [5.41, 5.74) is 4.85. The second kappa shape index (κ2) is 8.83. The highest BCUT2D eigenvalue weighted by Crippen LogP contribution is 2.16. The molecule has 8 nitrogen and oxygen atoms in total. The molecule has 1 N–H and O–H groups in total. The zero-order chi connectivity index (χ0) is 21.8. The van der Waals surface area contributed by atoms with Crippen LogP contribution >= 0.6 is 0 Å². The zero-order valence-corrected chi connectivity index (χ0v) is 17.7. The molecular weight excluding hydrogens is 392 g/mol. The van der Waals surface area contributed by atoms with Gasteiger partial charge in [0.2, 0.25) is 5.95 Å². The average molecular weight is 416 g/mol. The average Bonchev–Trinajstić information content (AvgIpc) is 3.37. The minimum atomic E-state index is -0.376. The van der Waals surface area contributed by atoms with Crippen LogP contribution in [0.3, 0.4) is 0 Å². The van der Waals surface area contributed by atoms with Gasteiger partial charge in [0.15, 0.2) is 12.4 Å². The van der Waals surface area contributed by atoms with E-state index in [9.17, 15) is 4.79 Å². The summed E-state index contributed by atoms with van der Waals surface area (Å²) in [6, 6.07) is 15.7. The monoisotopic (exact) mass is 416 g/mol. The molecule has 158 valence electrons. The van der Waals surface area contributed by atoms with E-state index >= 15 is 0 Å². The first-order chi connectivity index (χ1) is 15.0. The lowest BCUT2D eigenvalue weighted by Crippen LogP contribution is -2.15. The summed E-state index contributed by atoms with van der Waals surface area (Å²) in [6.07, 6.45) is 3.29. The quantitative estimate of drug-likeness (QED) is 0.496. The molecule has 2 aromatic heterocycles. The number of ether oxygens (including phenoxy) is 1. The van der Waals surface area contributed by atoms with E-state index in [4.69, 9.17) is 4.74 Å². The van der Waals surface area contributed by atoms with Crippen molar-refractivity contribution in [3.8, 4) is 5.75 Å². The number of hydrogen-bond acceptors (Lipinski definition) is 5. The van der Waals surface area contributed by atoms with Crippen molar-refractivity contribution in [2.75, 3.05) is 5.32 Å². The van der Waals surface area contributed by atoms with Crippen LogP contribution in [0.4, 0.5) is 5.95 Å². The number of aromatic nitrogens is 5. The zero-order valence-electron chi connectivity index (χ0n) is 17.7. The Labute approximate surface area is 180 Å². The number of nitrogens with one attached hydrogen (secondary N) is 1. The number of benzene rings is 2. The van der Waals surface area contributed by atoms with Gasteiger partial charge in [0.1, 0.15) is 12.1 Å². The van der Waals surface area contributed by atoms with Crippen molar-refractivity contribution in [2.45, 2.75) is 34.0 Å². The van der Waals surface area contributed by atoms with Crippen LogP contribution in [0.25, 0.3) is 0 Å². The molecule has 0 aliphatic heterocycles. The first-order valence-corrected chi connectivity index (χ1v) is 9.96. The fourth-order valence-corrected chi connectivity index (χ4v) is 3.27. The van der Waals surface area contributed by atoms with Crippen LogP contribution in [0.1, 0.15) is 32.7 Å². The van der Waals surface area contributed by atoms with Crippen molar-refractivity contribution in [2.24, 2.45) is 0 Å². The summed E-state index contributed by atoms with van der Waals surface area (Å²) in [7, 11) is 0. The molecule has 0 radical (unpaired) electrons. The fraction of sp³-hybridized carbons (Fsp3) is 0.217. The fourth-order valence-electron chi connectivity index (χ4n) is 3.27. The molecule has 8 heteroatoms. The Morgan fingerprint density at radius 1 is 1.00 bits per heavy atom. The number of carbonyl (C=O) groups excluding carboxylic acids is 1. The molecule has 4 aromatic rings. The van der Waals surface area contributed by atoms with Gasteiger partial charge in [0, 0.05) is 6.20 Å². The summed E-state index contributed by atoms with van der Waals surface area (Å²) in [5, 5.41) is 11.3. The number of nitrogens with zero attached hydrogens (tertiary/aromatic N) is 5. The van der Waals surface area contributed by atoms with Crippen LogP contribution < -0.4 is 10.1 Å². The number of aryl methyl sites for hydroxylation is 3. The first-order valence-electron chi connectivity index (χ1n) is 9.96. The van der Waals surface area contributed by atoms with E-state index in [1.807, 2.05) is 44.2 Å². The van der Waals surface area contributed by atoms with Gasteiger partial charge in [-0.3, -0.25) is 10.1 Å². The van der Waals surface area contributed by atoms with Gasteiger partial charge in [-0.25, -0.2) is 14.3 Å². The maximum Gasteiger partial charge on any atom is 0.278 e. The van der Waals surface area contributed by atoms with E-state index in [1.54, 1.807) is 28.0 Å². The molecule has 0 saturated heterocycles. The summed E-state index contributed by atoms with van der Waals surface area (Å²) in [5.74, 6) is 0.626. The second-order valence-corrected chi connectivity index (χ2v) is 7.48. The van der Waals surface area contributed by atoms with E-state index < -0.39 is 0 Å². The predicted molar refractivity (Wildman–Crippen MR) is 117 cm³/mol. The van der Waals surface area contributed by atoms with Crippen LogP contribution in [0.5, 0.6) is 5.75 Å². The Balaban J connectivity index is 1.35. The van der Waals surface area contributed by atoms with Crippen LogP contribution in [-0.4, -0.2) is 30.5 Å². The summed E-state index contributed by atoms with van der Waals surface area (Å²) in [6.45, 7) is 6.88. The highest BCUT2D eigenvalue weighted by molar-refractivity contribution is 6.01. The van der Waals surface area contributed by atoms with E-state index in [2.05, 4.69) is 39.6 Å². The van der Waals surface area contributed by atoms with Gasteiger partial charge >= 0.3 is 0 Å². The van der Waals surface area contributed by atoms with Crippen molar-refractivity contribution in [3.05, 3.63) is 89.0 Å². The minimum Gasteiger partial charge on any atom is -0.471 e. The minimum absolute atomic E-state index is 0.208. The summed E-state index contributed by atoms with van der Waals surface area (Å²) < 4.78 is 9.03. The molecule has 0 fully saturated rings. The lowest BCUT2D eigenvalue weighted by atomic mass is 10.1. The highest BCUT2D eigenvalue weighted by Gasteiger charge is 2.13. The van der Waals surface area contributed by atoms with E-state index in [0.29, 0.717) is 6.54 Å². The molecular formula is C23H24N6O2. The highest BCUT2D eigenvalue weighted by atomic mass is 16.5. The van der Waals surface area contributed by atoms with Gasteiger partial charge in [-0.2, -0.15) is 5.10 Å². The number of hydrogen-bond donors (Lipinski definition) is 1. The van der Waals surface area contributed by atoms with Crippen molar-refractivity contribution in [1.29, 1.82) is 0 Å². The Kier molecular flexibility index (Phi) is 5.79. The molecule has 0 unspecified atom stereocenters. The third kappa shape index (κ3) is 5.16. The molecule has 0 spiro atoms. The van der Waals surface area contributed by atoms with Crippen LogP contribution in [0.2, 0.25) is 0 Å².